The Morgan fingerprint density at radius 2 is 2.10 bits per heavy atom. The van der Waals surface area contributed by atoms with Crippen molar-refractivity contribution >= 4 is 17.0 Å². The molecule has 0 saturated carbocycles. The van der Waals surface area contributed by atoms with Crippen LogP contribution in [0.5, 0.6) is 0 Å². The van der Waals surface area contributed by atoms with Gasteiger partial charge in [0.2, 0.25) is 0 Å². The highest BCUT2D eigenvalue weighted by atomic mass is 16.5. The van der Waals surface area contributed by atoms with Gasteiger partial charge in [-0.05, 0) is 26.0 Å². The number of methoxy groups -OCH3 is 1. The van der Waals surface area contributed by atoms with Crippen molar-refractivity contribution in [1.82, 2.24) is 10.6 Å². The molecule has 0 aliphatic carbocycles. The topological polar surface area (TPSA) is 63.5 Å². The van der Waals surface area contributed by atoms with Crippen molar-refractivity contribution in [3.8, 4) is 0 Å². The van der Waals surface area contributed by atoms with Gasteiger partial charge in [-0.1, -0.05) is 18.2 Å². The first-order valence-electron chi connectivity index (χ1n) is 6.65. The van der Waals surface area contributed by atoms with Crippen LogP contribution in [0.2, 0.25) is 0 Å². The summed E-state index contributed by atoms with van der Waals surface area (Å²) in [6.45, 7) is 4.17. The van der Waals surface area contributed by atoms with Crippen molar-refractivity contribution in [2.24, 2.45) is 0 Å². The quantitative estimate of drug-likeness (QED) is 0.882. The van der Waals surface area contributed by atoms with Gasteiger partial charge in [0.05, 0.1) is 6.54 Å². The van der Waals surface area contributed by atoms with Crippen LogP contribution in [0, 0.1) is 0 Å². The van der Waals surface area contributed by atoms with Crippen LogP contribution in [0.1, 0.15) is 25.7 Å². The second-order valence-electron chi connectivity index (χ2n) is 4.92. The van der Waals surface area contributed by atoms with Crippen LogP contribution in [-0.2, 0) is 4.74 Å². The first-order chi connectivity index (χ1) is 9.60. The third-order valence-corrected chi connectivity index (χ3v) is 2.91. The highest BCUT2D eigenvalue weighted by Crippen LogP contribution is 2.25. The Hall–Kier alpha value is -2.01. The molecule has 2 aromatic rings. The van der Waals surface area contributed by atoms with E-state index in [0.717, 1.165) is 11.0 Å². The highest BCUT2D eigenvalue weighted by Gasteiger charge is 2.16. The maximum atomic E-state index is 11.6. The van der Waals surface area contributed by atoms with Crippen molar-refractivity contribution in [2.45, 2.75) is 26.0 Å². The van der Waals surface area contributed by atoms with Crippen LogP contribution in [0.25, 0.3) is 11.0 Å². The van der Waals surface area contributed by atoms with E-state index in [4.69, 9.17) is 9.15 Å². The Morgan fingerprint density at radius 3 is 2.75 bits per heavy atom. The minimum Gasteiger partial charge on any atom is -0.458 e. The van der Waals surface area contributed by atoms with E-state index in [0.29, 0.717) is 12.3 Å². The highest BCUT2D eigenvalue weighted by molar-refractivity contribution is 5.78. The molecule has 0 unspecified atom stereocenters. The number of hydrogen-bond acceptors (Lipinski definition) is 3. The van der Waals surface area contributed by atoms with Gasteiger partial charge in [0, 0.05) is 18.5 Å². The van der Waals surface area contributed by atoms with Gasteiger partial charge in [0.15, 0.2) is 0 Å². The summed E-state index contributed by atoms with van der Waals surface area (Å²) in [4.78, 5) is 11.6. The second kappa shape index (κ2) is 6.43. The molecule has 0 bridgehead atoms. The molecule has 1 aromatic heterocycles. The van der Waals surface area contributed by atoms with Gasteiger partial charge in [0.1, 0.15) is 17.4 Å². The molecule has 0 saturated heterocycles. The van der Waals surface area contributed by atoms with Gasteiger partial charge in [-0.15, -0.1) is 0 Å². The molecule has 1 atom stereocenters. The lowest BCUT2D eigenvalue weighted by molar-refractivity contribution is 0.0864. The van der Waals surface area contributed by atoms with Crippen molar-refractivity contribution in [1.29, 1.82) is 0 Å². The monoisotopic (exact) mass is 276 g/mol. The number of para-hydroxylation sites is 1. The third-order valence-electron chi connectivity index (χ3n) is 2.91. The molecule has 0 spiro atoms. The summed E-state index contributed by atoms with van der Waals surface area (Å²) in [5, 5.41) is 6.56. The van der Waals surface area contributed by atoms with E-state index in [-0.39, 0.29) is 18.2 Å². The van der Waals surface area contributed by atoms with Gasteiger partial charge in [-0.3, -0.25) is 0 Å². The molecule has 2 N–H and O–H groups in total. The Morgan fingerprint density at radius 1 is 1.35 bits per heavy atom. The van der Waals surface area contributed by atoms with Gasteiger partial charge in [0.25, 0.3) is 0 Å². The Balaban J connectivity index is 2.02. The van der Waals surface area contributed by atoms with E-state index >= 15 is 0 Å². The third kappa shape index (κ3) is 3.51. The van der Waals surface area contributed by atoms with Crippen LogP contribution in [0.3, 0.4) is 0 Å². The predicted octanol–water partition coefficient (Wildman–Crippen LogP) is 2.83. The number of ether oxygens (including phenoxy) is 1. The van der Waals surface area contributed by atoms with Crippen molar-refractivity contribution in [3.05, 3.63) is 36.1 Å². The average Bonchev–Trinajstić information content (AvgIpc) is 2.82. The van der Waals surface area contributed by atoms with Gasteiger partial charge in [-0.25, -0.2) is 4.79 Å². The predicted molar refractivity (Wildman–Crippen MR) is 77.6 cm³/mol. The van der Waals surface area contributed by atoms with E-state index in [1.165, 1.54) is 0 Å². The fourth-order valence-corrected chi connectivity index (χ4v) is 1.96. The first kappa shape index (κ1) is 14.4. The summed E-state index contributed by atoms with van der Waals surface area (Å²) < 4.78 is 11.1. The summed E-state index contributed by atoms with van der Waals surface area (Å²) in [5.41, 5.74) is 0.816. The van der Waals surface area contributed by atoms with Crippen molar-refractivity contribution in [2.75, 3.05) is 13.7 Å². The molecule has 0 aliphatic heterocycles. The first-order valence-corrected chi connectivity index (χ1v) is 6.65. The number of furan rings is 1. The Labute approximate surface area is 118 Å². The number of carbonyl (C=O) groups is 1. The summed E-state index contributed by atoms with van der Waals surface area (Å²) in [7, 11) is 1.60. The molecule has 2 amide bonds. The largest absolute Gasteiger partial charge is 0.458 e. The summed E-state index contributed by atoms with van der Waals surface area (Å²) in [5.74, 6) is 0.707. The minimum atomic E-state index is -0.305. The summed E-state index contributed by atoms with van der Waals surface area (Å²) in [6.07, 6.45) is -0.305. The van der Waals surface area contributed by atoms with Crippen LogP contribution in [0.15, 0.2) is 34.7 Å². The van der Waals surface area contributed by atoms with Crippen LogP contribution < -0.4 is 10.6 Å². The number of urea groups is 1. The maximum absolute atomic E-state index is 11.6. The van der Waals surface area contributed by atoms with Crippen molar-refractivity contribution < 1.29 is 13.9 Å². The van der Waals surface area contributed by atoms with E-state index in [9.17, 15) is 4.79 Å². The molecule has 0 aliphatic rings. The SMILES string of the molecule is CO[C@H](CNC(=O)NC(C)C)c1cc2ccccc2o1. The molecular formula is C15H20N2O3. The Bertz CT molecular complexity index is 544. The number of amides is 2. The van der Waals surface area contributed by atoms with E-state index < -0.39 is 0 Å². The summed E-state index contributed by atoms with van der Waals surface area (Å²) in [6, 6.07) is 9.59. The molecule has 20 heavy (non-hydrogen) atoms. The smallest absolute Gasteiger partial charge is 0.315 e. The van der Waals surface area contributed by atoms with Crippen molar-refractivity contribution in [3.63, 3.8) is 0 Å². The van der Waals surface area contributed by atoms with Crippen LogP contribution in [0.4, 0.5) is 4.79 Å². The zero-order valence-electron chi connectivity index (χ0n) is 12.0. The molecule has 0 fully saturated rings. The molecule has 0 radical (unpaired) electrons. The second-order valence-corrected chi connectivity index (χ2v) is 4.92. The molecule has 108 valence electrons. The number of hydrogen-bond donors (Lipinski definition) is 2. The van der Waals surface area contributed by atoms with Gasteiger partial charge in [-0.2, -0.15) is 0 Å². The molecule has 1 heterocycles. The van der Waals surface area contributed by atoms with Gasteiger partial charge < -0.3 is 19.8 Å². The minimum absolute atomic E-state index is 0.0993. The molecule has 1 aromatic carbocycles. The molecule has 5 heteroatoms. The maximum Gasteiger partial charge on any atom is 0.315 e. The van der Waals surface area contributed by atoms with Crippen LogP contribution >= 0.6 is 0 Å². The fraction of sp³-hybridized carbons (Fsp3) is 0.400. The average molecular weight is 276 g/mol. The zero-order chi connectivity index (χ0) is 14.5. The molecule has 2 rings (SSSR count). The molecule has 5 nitrogen and oxygen atoms in total. The van der Waals surface area contributed by atoms with E-state index in [2.05, 4.69) is 10.6 Å². The number of nitrogens with one attached hydrogen (secondary N) is 2. The molecular weight excluding hydrogens is 256 g/mol. The number of carbonyl (C=O) groups excluding carboxylic acids is 1. The number of fused-ring (bicyclic) bond motifs is 1. The Kier molecular flexibility index (Phi) is 4.63. The lowest BCUT2D eigenvalue weighted by atomic mass is 10.2. The lowest BCUT2D eigenvalue weighted by Gasteiger charge is -2.15. The number of benzene rings is 1. The van der Waals surface area contributed by atoms with Gasteiger partial charge >= 0.3 is 6.03 Å². The van der Waals surface area contributed by atoms with E-state index in [1.807, 2.05) is 44.2 Å². The number of rotatable bonds is 5. The lowest BCUT2D eigenvalue weighted by Crippen LogP contribution is -2.41. The normalized spacial score (nSPS) is 12.6. The zero-order valence-corrected chi connectivity index (χ0v) is 12.0. The standard InChI is InChI=1S/C15H20N2O3/c1-10(2)17-15(18)16-9-14(19-3)13-8-11-6-4-5-7-12(11)20-13/h4-8,10,14H,9H2,1-3H3,(H2,16,17,18)/t14-/m1/s1. The fourth-order valence-electron chi connectivity index (χ4n) is 1.96. The van der Waals surface area contributed by atoms with Crippen LogP contribution in [-0.4, -0.2) is 25.7 Å². The summed E-state index contributed by atoms with van der Waals surface area (Å²) >= 11 is 0. The van der Waals surface area contributed by atoms with E-state index in [1.54, 1.807) is 7.11 Å².